The van der Waals surface area contributed by atoms with Crippen LogP contribution < -0.4 is 5.73 Å². The van der Waals surface area contributed by atoms with Crippen LogP contribution in [0.3, 0.4) is 0 Å². The number of carboxylic acid groups (broad SMARTS) is 1. The van der Waals surface area contributed by atoms with Gasteiger partial charge in [0.05, 0.1) is 0 Å². The van der Waals surface area contributed by atoms with Crippen molar-refractivity contribution < 1.29 is 24.2 Å². The molecule has 0 heterocycles. The summed E-state index contributed by atoms with van der Waals surface area (Å²) in [5.74, 6) is -1.37. The van der Waals surface area contributed by atoms with Crippen LogP contribution in [0.4, 0.5) is 0 Å². The second-order valence-electron chi connectivity index (χ2n) is 3.39. The van der Waals surface area contributed by atoms with Crippen molar-refractivity contribution in [3.05, 3.63) is 41.5 Å². The molecule has 0 amide bonds. The van der Waals surface area contributed by atoms with Crippen molar-refractivity contribution in [1.29, 1.82) is 0 Å². The lowest BCUT2D eigenvalue weighted by atomic mass is 10.1. The highest BCUT2D eigenvalue weighted by Crippen LogP contribution is 2.05. The lowest BCUT2D eigenvalue weighted by Crippen LogP contribution is -2.36. The Morgan fingerprint density at radius 1 is 1.33 bits per heavy atom. The number of rotatable bonds is 5. The molecule has 94 valence electrons. The van der Waals surface area contributed by atoms with Crippen molar-refractivity contribution in [3.63, 3.8) is 0 Å². The number of carboxylic acids is 1. The molecule has 0 saturated carbocycles. The number of hydrogen-bond donors (Lipinski definition) is 2. The molecule has 3 N–H and O–H groups in total. The zero-order valence-corrected chi connectivity index (χ0v) is 9.33. The van der Waals surface area contributed by atoms with Gasteiger partial charge < -0.3 is 15.6 Å². The van der Waals surface area contributed by atoms with Gasteiger partial charge in [-0.2, -0.15) is 0 Å². The minimum atomic E-state index is -1.73. The van der Waals surface area contributed by atoms with Crippen LogP contribution in [0.2, 0.25) is 0 Å². The van der Waals surface area contributed by atoms with Crippen LogP contribution in [0.25, 0.3) is 0 Å². The normalized spacial score (nSPS) is 11.2. The van der Waals surface area contributed by atoms with E-state index in [0.717, 1.165) is 0 Å². The first-order valence-electron chi connectivity index (χ1n) is 5.00. The quantitative estimate of drug-likeness (QED) is 0.428. The fourth-order valence-electron chi connectivity index (χ4n) is 1.16. The highest BCUT2D eigenvalue weighted by molar-refractivity contribution is 6.03. The number of carbonyl (C=O) groups excluding carboxylic acids is 2. The zero-order chi connectivity index (χ0) is 13.5. The number of nitrogens with two attached hydrogens (primary N) is 1. The van der Waals surface area contributed by atoms with Gasteiger partial charge in [-0.25, -0.2) is 9.59 Å². The number of aliphatic carboxylic acids is 1. The van der Waals surface area contributed by atoms with E-state index in [4.69, 9.17) is 15.6 Å². The van der Waals surface area contributed by atoms with Crippen molar-refractivity contribution in [1.82, 2.24) is 0 Å². The summed E-state index contributed by atoms with van der Waals surface area (Å²) in [6.07, 6.45) is 0. The molecule has 0 saturated heterocycles. The van der Waals surface area contributed by atoms with Crippen LogP contribution in [-0.2, 0) is 25.7 Å². The average molecular weight is 249 g/mol. The van der Waals surface area contributed by atoms with Gasteiger partial charge in [-0.1, -0.05) is 30.3 Å². The van der Waals surface area contributed by atoms with E-state index in [9.17, 15) is 14.4 Å². The number of ether oxygens (including phenoxy) is 1. The Kier molecular flexibility index (Phi) is 4.80. The summed E-state index contributed by atoms with van der Waals surface area (Å²) >= 11 is 0. The lowest BCUT2D eigenvalue weighted by molar-refractivity contribution is -0.144. The van der Waals surface area contributed by atoms with Crippen molar-refractivity contribution in [3.8, 4) is 0 Å². The third kappa shape index (κ3) is 3.55. The fourth-order valence-corrected chi connectivity index (χ4v) is 1.16. The van der Waals surface area contributed by atoms with Crippen molar-refractivity contribution >= 4 is 17.9 Å². The monoisotopic (exact) mass is 249 g/mol. The summed E-state index contributed by atoms with van der Waals surface area (Å²) in [5.41, 5.74) is 5.11. The molecular formula is C12H11NO5. The molecule has 0 radical (unpaired) electrons. The molecule has 0 aliphatic carbocycles. The van der Waals surface area contributed by atoms with E-state index >= 15 is 0 Å². The first-order chi connectivity index (χ1) is 8.56. The van der Waals surface area contributed by atoms with Gasteiger partial charge in [0.15, 0.2) is 0 Å². The predicted molar refractivity (Wildman–Crippen MR) is 61.1 cm³/mol. The molecule has 18 heavy (non-hydrogen) atoms. The molecule has 0 fully saturated rings. The molecule has 1 unspecified atom stereocenters. The standard InChI is InChI=1S/C12H11NO5/c13-10(11(15)16)9(6-14)12(17)18-7-8-4-2-1-3-5-8/h1-5,10H,7,13H2,(H,15,16). The van der Waals surface area contributed by atoms with E-state index in [2.05, 4.69) is 0 Å². The molecule has 1 rings (SSSR count). The number of benzene rings is 1. The first-order valence-corrected chi connectivity index (χ1v) is 5.00. The summed E-state index contributed by atoms with van der Waals surface area (Å²) < 4.78 is 4.77. The van der Waals surface area contributed by atoms with Crippen molar-refractivity contribution in [2.75, 3.05) is 0 Å². The molecule has 0 aliphatic heterocycles. The van der Waals surface area contributed by atoms with E-state index in [1.165, 1.54) is 5.94 Å². The first kappa shape index (κ1) is 13.6. The average Bonchev–Trinajstić information content (AvgIpc) is 2.38. The van der Waals surface area contributed by atoms with Gasteiger partial charge in [-0.05, 0) is 5.56 Å². The van der Waals surface area contributed by atoms with Gasteiger partial charge in [-0.15, -0.1) is 0 Å². The van der Waals surface area contributed by atoms with Gasteiger partial charge in [0.25, 0.3) is 0 Å². The number of esters is 1. The Bertz CT molecular complexity index is 490. The predicted octanol–water partition coefficient (Wildman–Crippen LogP) is -0.100. The van der Waals surface area contributed by atoms with Crippen LogP contribution in [0, 0.1) is 0 Å². The van der Waals surface area contributed by atoms with Crippen molar-refractivity contribution in [2.45, 2.75) is 12.6 Å². The smallest absolute Gasteiger partial charge is 0.347 e. The maximum atomic E-state index is 11.4. The SMILES string of the molecule is NC(C(=O)O)C(=C=O)C(=O)OCc1ccccc1. The van der Waals surface area contributed by atoms with Gasteiger partial charge in [0.1, 0.15) is 24.2 Å². The van der Waals surface area contributed by atoms with E-state index in [-0.39, 0.29) is 6.61 Å². The maximum Gasteiger partial charge on any atom is 0.347 e. The maximum absolute atomic E-state index is 11.4. The summed E-state index contributed by atoms with van der Waals surface area (Å²) in [6.45, 7) is -0.0722. The third-order valence-electron chi connectivity index (χ3n) is 2.12. The number of carbonyl (C=O) groups is 2. The van der Waals surface area contributed by atoms with Crippen LogP contribution in [0.5, 0.6) is 0 Å². The molecular weight excluding hydrogens is 238 g/mol. The van der Waals surface area contributed by atoms with Gasteiger partial charge in [0, 0.05) is 0 Å². The molecule has 1 aromatic rings. The second kappa shape index (κ2) is 6.34. The van der Waals surface area contributed by atoms with Gasteiger partial charge in [-0.3, -0.25) is 4.79 Å². The largest absolute Gasteiger partial charge is 0.480 e. The summed E-state index contributed by atoms with van der Waals surface area (Å²) in [4.78, 5) is 32.5. The molecule has 1 aromatic carbocycles. The highest BCUT2D eigenvalue weighted by atomic mass is 16.5. The summed E-state index contributed by atoms with van der Waals surface area (Å²) in [7, 11) is 0. The molecule has 0 spiro atoms. The Balaban J connectivity index is 2.65. The van der Waals surface area contributed by atoms with Crippen LogP contribution >= 0.6 is 0 Å². The topological polar surface area (TPSA) is 107 Å². The van der Waals surface area contributed by atoms with Crippen molar-refractivity contribution in [2.24, 2.45) is 5.73 Å². The molecule has 0 aromatic heterocycles. The van der Waals surface area contributed by atoms with E-state index in [1.807, 2.05) is 0 Å². The van der Waals surface area contributed by atoms with Gasteiger partial charge in [0.2, 0.25) is 0 Å². The second-order valence-corrected chi connectivity index (χ2v) is 3.39. The summed E-state index contributed by atoms with van der Waals surface area (Å²) in [5, 5.41) is 8.59. The summed E-state index contributed by atoms with van der Waals surface area (Å²) in [6, 6.07) is 7.00. The third-order valence-corrected chi connectivity index (χ3v) is 2.12. The Morgan fingerprint density at radius 3 is 2.44 bits per heavy atom. The molecule has 6 heteroatoms. The Morgan fingerprint density at radius 2 is 1.94 bits per heavy atom. The van der Waals surface area contributed by atoms with Crippen LogP contribution in [0.1, 0.15) is 5.56 Å². The lowest BCUT2D eigenvalue weighted by Gasteiger charge is -2.08. The Hall–Kier alpha value is -2.43. The Labute approximate surface area is 103 Å². The zero-order valence-electron chi connectivity index (χ0n) is 9.33. The molecule has 0 aliphatic rings. The van der Waals surface area contributed by atoms with E-state index in [0.29, 0.717) is 5.56 Å². The number of hydrogen-bond acceptors (Lipinski definition) is 5. The van der Waals surface area contributed by atoms with Gasteiger partial charge >= 0.3 is 11.9 Å². The van der Waals surface area contributed by atoms with E-state index in [1.54, 1.807) is 30.3 Å². The minimum Gasteiger partial charge on any atom is -0.480 e. The molecule has 6 nitrogen and oxygen atoms in total. The molecule has 1 atom stereocenters. The minimum absolute atomic E-state index is 0.0722. The van der Waals surface area contributed by atoms with Crippen LogP contribution in [-0.4, -0.2) is 29.0 Å². The fraction of sp³-hybridized carbons (Fsp3) is 0.167. The van der Waals surface area contributed by atoms with E-state index < -0.39 is 23.6 Å². The van der Waals surface area contributed by atoms with Crippen LogP contribution in [0.15, 0.2) is 35.9 Å². The molecule has 0 bridgehead atoms. The highest BCUT2D eigenvalue weighted by Gasteiger charge is 2.26.